The lowest BCUT2D eigenvalue weighted by atomic mass is 9.84. The van der Waals surface area contributed by atoms with Crippen LogP contribution >= 0.6 is 0 Å². The predicted molar refractivity (Wildman–Crippen MR) is 63.9 cm³/mol. The Hall–Kier alpha value is -0.760. The maximum atomic E-state index is 5.59. The Morgan fingerprint density at radius 2 is 2.07 bits per heavy atom. The summed E-state index contributed by atoms with van der Waals surface area (Å²) in [6, 6.07) is 2.33. The average molecular weight is 209 g/mol. The zero-order chi connectivity index (χ0) is 11.5. The molecule has 1 unspecified atom stereocenters. The molecule has 0 aliphatic carbocycles. The monoisotopic (exact) mass is 209 g/mol. The van der Waals surface area contributed by atoms with Gasteiger partial charge in [-0.3, -0.25) is 0 Å². The van der Waals surface area contributed by atoms with E-state index in [1.165, 1.54) is 5.56 Å². The van der Waals surface area contributed by atoms with Crippen molar-refractivity contribution in [3.63, 3.8) is 0 Å². The molecule has 0 saturated heterocycles. The fraction of sp³-hybridized carbons (Fsp3) is 0.692. The van der Waals surface area contributed by atoms with Crippen molar-refractivity contribution in [3.8, 4) is 0 Å². The topological polar surface area (TPSA) is 25.2 Å². The minimum Gasteiger partial charge on any atom is -0.467 e. The second-order valence-corrected chi connectivity index (χ2v) is 5.22. The Morgan fingerprint density at radius 1 is 1.40 bits per heavy atom. The number of furan rings is 1. The third-order valence-corrected chi connectivity index (χ3v) is 2.63. The largest absolute Gasteiger partial charge is 0.467 e. The molecule has 0 amide bonds. The number of hydrogen-bond acceptors (Lipinski definition) is 2. The molecule has 1 aromatic rings. The third-order valence-electron chi connectivity index (χ3n) is 2.63. The molecule has 2 nitrogen and oxygen atoms in total. The van der Waals surface area contributed by atoms with Crippen LogP contribution in [-0.4, -0.2) is 6.54 Å². The van der Waals surface area contributed by atoms with Gasteiger partial charge in [0.1, 0.15) is 5.76 Å². The lowest BCUT2D eigenvalue weighted by Crippen LogP contribution is -2.33. The van der Waals surface area contributed by atoms with Gasteiger partial charge < -0.3 is 9.73 Å². The highest BCUT2D eigenvalue weighted by Gasteiger charge is 2.29. The summed E-state index contributed by atoms with van der Waals surface area (Å²) < 4.78 is 5.59. The molecule has 0 aromatic carbocycles. The molecule has 1 atom stereocenters. The second-order valence-electron chi connectivity index (χ2n) is 5.22. The summed E-state index contributed by atoms with van der Waals surface area (Å²) in [6.07, 6.45) is 2.92. The molecule has 0 radical (unpaired) electrons. The van der Waals surface area contributed by atoms with E-state index in [0.29, 0.717) is 6.04 Å². The van der Waals surface area contributed by atoms with E-state index in [-0.39, 0.29) is 5.41 Å². The van der Waals surface area contributed by atoms with Crippen LogP contribution in [0.25, 0.3) is 0 Å². The summed E-state index contributed by atoms with van der Waals surface area (Å²) in [4.78, 5) is 0. The van der Waals surface area contributed by atoms with Crippen LogP contribution < -0.4 is 5.32 Å². The highest BCUT2D eigenvalue weighted by Crippen LogP contribution is 2.34. The van der Waals surface area contributed by atoms with Gasteiger partial charge in [0.25, 0.3) is 0 Å². The number of rotatable bonds is 4. The second kappa shape index (κ2) is 4.84. The molecule has 0 aliphatic rings. The molecule has 1 heterocycles. The van der Waals surface area contributed by atoms with Crippen molar-refractivity contribution < 1.29 is 4.42 Å². The van der Waals surface area contributed by atoms with E-state index in [1.807, 2.05) is 6.07 Å². The van der Waals surface area contributed by atoms with Crippen LogP contribution in [0.5, 0.6) is 0 Å². The summed E-state index contributed by atoms with van der Waals surface area (Å²) in [6.45, 7) is 12.0. The molecule has 0 saturated carbocycles. The summed E-state index contributed by atoms with van der Waals surface area (Å²) in [5.74, 6) is 1.08. The van der Waals surface area contributed by atoms with E-state index in [1.54, 1.807) is 6.26 Å². The van der Waals surface area contributed by atoms with Crippen molar-refractivity contribution in [2.45, 2.75) is 47.1 Å². The molecule has 0 spiro atoms. The van der Waals surface area contributed by atoms with Crippen molar-refractivity contribution in [2.75, 3.05) is 6.54 Å². The Morgan fingerprint density at radius 3 is 2.47 bits per heavy atom. The quantitative estimate of drug-likeness (QED) is 0.818. The van der Waals surface area contributed by atoms with Crippen molar-refractivity contribution >= 4 is 0 Å². The predicted octanol–water partition coefficient (Wildman–Crippen LogP) is 3.67. The van der Waals surface area contributed by atoms with Gasteiger partial charge >= 0.3 is 0 Å². The molecule has 0 bridgehead atoms. The fourth-order valence-corrected chi connectivity index (χ4v) is 1.76. The van der Waals surface area contributed by atoms with E-state index >= 15 is 0 Å². The molecular formula is C13H23NO. The Labute approximate surface area is 93.1 Å². The van der Waals surface area contributed by atoms with E-state index in [2.05, 4.69) is 39.9 Å². The first-order valence-electron chi connectivity index (χ1n) is 5.74. The Balaban J connectivity index is 2.87. The first-order valence-corrected chi connectivity index (χ1v) is 5.74. The smallest absolute Gasteiger partial charge is 0.124 e. The SMILES string of the molecule is CCCNC(c1occc1C)C(C)(C)C. The van der Waals surface area contributed by atoms with Gasteiger partial charge in [0, 0.05) is 0 Å². The minimum atomic E-state index is 0.178. The van der Waals surface area contributed by atoms with Crippen LogP contribution in [-0.2, 0) is 0 Å². The zero-order valence-corrected chi connectivity index (χ0v) is 10.6. The van der Waals surface area contributed by atoms with Gasteiger partial charge in [-0.1, -0.05) is 27.7 Å². The minimum absolute atomic E-state index is 0.178. The normalized spacial score (nSPS) is 14.2. The first-order chi connectivity index (χ1) is 6.96. The van der Waals surface area contributed by atoms with Crippen LogP contribution in [0, 0.1) is 12.3 Å². The van der Waals surface area contributed by atoms with E-state index in [4.69, 9.17) is 4.42 Å². The molecule has 15 heavy (non-hydrogen) atoms. The molecule has 86 valence electrons. The summed E-state index contributed by atoms with van der Waals surface area (Å²) in [7, 11) is 0. The van der Waals surface area contributed by atoms with Crippen LogP contribution in [0.4, 0.5) is 0 Å². The highest BCUT2D eigenvalue weighted by molar-refractivity contribution is 5.19. The summed E-state index contributed by atoms with van der Waals surface area (Å²) in [5, 5.41) is 3.56. The van der Waals surface area contributed by atoms with Gasteiger partial charge in [-0.25, -0.2) is 0 Å². The molecule has 1 aromatic heterocycles. The first kappa shape index (κ1) is 12.3. The Bertz CT molecular complexity index is 296. The standard InChI is InChI=1S/C13H23NO/c1-6-8-14-12(13(3,4)5)11-10(2)7-9-15-11/h7,9,12,14H,6,8H2,1-5H3. The van der Waals surface area contributed by atoms with Crippen LogP contribution in [0.2, 0.25) is 0 Å². The third kappa shape index (κ3) is 3.10. The zero-order valence-electron chi connectivity index (χ0n) is 10.6. The van der Waals surface area contributed by atoms with Gasteiger partial charge in [-0.2, -0.15) is 0 Å². The molecular weight excluding hydrogens is 186 g/mol. The van der Waals surface area contributed by atoms with Crippen molar-refractivity contribution in [1.82, 2.24) is 5.32 Å². The fourth-order valence-electron chi connectivity index (χ4n) is 1.76. The van der Waals surface area contributed by atoms with Gasteiger partial charge in [0.15, 0.2) is 0 Å². The Kier molecular flexibility index (Phi) is 3.97. The number of nitrogens with one attached hydrogen (secondary N) is 1. The van der Waals surface area contributed by atoms with Crippen LogP contribution in [0.15, 0.2) is 16.7 Å². The van der Waals surface area contributed by atoms with Gasteiger partial charge in [0.05, 0.1) is 12.3 Å². The van der Waals surface area contributed by atoms with Crippen molar-refractivity contribution in [1.29, 1.82) is 0 Å². The van der Waals surface area contributed by atoms with Crippen LogP contribution in [0.3, 0.4) is 0 Å². The van der Waals surface area contributed by atoms with Crippen molar-refractivity contribution in [2.24, 2.45) is 5.41 Å². The molecule has 0 fully saturated rings. The van der Waals surface area contributed by atoms with E-state index in [9.17, 15) is 0 Å². The van der Waals surface area contributed by atoms with Crippen molar-refractivity contribution in [3.05, 3.63) is 23.7 Å². The van der Waals surface area contributed by atoms with Gasteiger partial charge in [-0.05, 0) is 36.9 Å². The number of hydrogen-bond donors (Lipinski definition) is 1. The maximum Gasteiger partial charge on any atom is 0.124 e. The molecule has 0 aliphatic heterocycles. The number of aryl methyl sites for hydroxylation is 1. The molecule has 2 heteroatoms. The van der Waals surface area contributed by atoms with Gasteiger partial charge in [-0.15, -0.1) is 0 Å². The summed E-state index contributed by atoms with van der Waals surface area (Å²) in [5.41, 5.74) is 1.41. The van der Waals surface area contributed by atoms with Crippen LogP contribution in [0.1, 0.15) is 51.5 Å². The molecule has 1 N–H and O–H groups in total. The average Bonchev–Trinajstić information content (AvgIpc) is 2.51. The summed E-state index contributed by atoms with van der Waals surface area (Å²) >= 11 is 0. The maximum absolute atomic E-state index is 5.59. The lowest BCUT2D eigenvalue weighted by Gasteiger charge is -2.30. The lowest BCUT2D eigenvalue weighted by molar-refractivity contribution is 0.237. The van der Waals surface area contributed by atoms with E-state index < -0.39 is 0 Å². The van der Waals surface area contributed by atoms with Gasteiger partial charge in [0.2, 0.25) is 0 Å². The highest BCUT2D eigenvalue weighted by atomic mass is 16.3. The van der Waals surface area contributed by atoms with E-state index in [0.717, 1.165) is 18.7 Å². The molecule has 1 rings (SSSR count).